The molecule has 4 nitrogen and oxygen atoms in total. The molecule has 1 amide bonds. The lowest BCUT2D eigenvalue weighted by atomic mass is 9.71. The fraction of sp³-hybridized carbons (Fsp3) is 0.474. The zero-order chi connectivity index (χ0) is 16.9. The van der Waals surface area contributed by atoms with Gasteiger partial charge in [0.1, 0.15) is 5.82 Å². The monoisotopic (exact) mass is 313 g/mol. The van der Waals surface area contributed by atoms with E-state index in [0.29, 0.717) is 0 Å². The largest absolute Gasteiger partial charge is 0.310 e. The van der Waals surface area contributed by atoms with Crippen LogP contribution in [0.2, 0.25) is 0 Å². The second kappa shape index (κ2) is 7.55. The Kier molecular flexibility index (Phi) is 5.72. The molecule has 2 aliphatic heterocycles. The molecule has 0 bridgehead atoms. The number of likely N-dealkylation sites (tertiary alicyclic amines) is 1. The summed E-state index contributed by atoms with van der Waals surface area (Å²) in [6, 6.07) is 2.13. The molecule has 1 fully saturated rings. The van der Waals surface area contributed by atoms with Crippen LogP contribution >= 0.6 is 0 Å². The Morgan fingerprint density at radius 1 is 1.35 bits per heavy atom. The van der Waals surface area contributed by atoms with Gasteiger partial charge in [-0.2, -0.15) is 0 Å². The van der Waals surface area contributed by atoms with Crippen molar-refractivity contribution in [3.8, 4) is 0 Å². The molecular formula is C19H27N3O. The highest BCUT2D eigenvalue weighted by Gasteiger charge is 2.44. The summed E-state index contributed by atoms with van der Waals surface area (Å²) in [5.74, 6) is 0.866. The topological polar surface area (TPSA) is 45.2 Å². The first kappa shape index (κ1) is 17.4. The SMILES string of the molecule is C=C/C=C/c1cnc2c(c1)CC1(CCN(C)CC1)C(=O)N2.CC. The van der Waals surface area contributed by atoms with E-state index in [9.17, 15) is 4.79 Å². The third kappa shape index (κ3) is 3.70. The Morgan fingerprint density at radius 2 is 2.04 bits per heavy atom. The molecule has 1 aromatic rings. The van der Waals surface area contributed by atoms with Crippen molar-refractivity contribution in [2.75, 3.05) is 25.5 Å². The number of nitrogens with one attached hydrogen (secondary N) is 1. The molecule has 124 valence electrons. The van der Waals surface area contributed by atoms with Gasteiger partial charge in [-0.3, -0.25) is 4.79 Å². The van der Waals surface area contributed by atoms with Crippen LogP contribution in [0.1, 0.15) is 37.8 Å². The van der Waals surface area contributed by atoms with E-state index in [1.165, 1.54) is 0 Å². The Hall–Kier alpha value is -1.94. The molecule has 0 radical (unpaired) electrons. The molecule has 0 aliphatic carbocycles. The van der Waals surface area contributed by atoms with Crippen molar-refractivity contribution in [3.05, 3.63) is 42.1 Å². The smallest absolute Gasteiger partial charge is 0.232 e. The Balaban J connectivity index is 0.000000924. The van der Waals surface area contributed by atoms with E-state index < -0.39 is 0 Å². The van der Waals surface area contributed by atoms with Crippen molar-refractivity contribution >= 4 is 17.8 Å². The van der Waals surface area contributed by atoms with Gasteiger partial charge in [0.25, 0.3) is 0 Å². The van der Waals surface area contributed by atoms with Crippen LogP contribution < -0.4 is 5.32 Å². The molecule has 0 atom stereocenters. The van der Waals surface area contributed by atoms with Crippen LogP contribution in [-0.2, 0) is 11.2 Å². The van der Waals surface area contributed by atoms with E-state index in [2.05, 4.69) is 34.9 Å². The maximum atomic E-state index is 12.5. The second-order valence-corrected chi connectivity index (χ2v) is 6.09. The van der Waals surface area contributed by atoms with Gasteiger partial charge in [0.05, 0.1) is 5.41 Å². The highest BCUT2D eigenvalue weighted by Crippen LogP contribution is 2.40. The lowest BCUT2D eigenvalue weighted by Gasteiger charge is -2.42. The number of fused-ring (bicyclic) bond motifs is 1. The second-order valence-electron chi connectivity index (χ2n) is 6.09. The summed E-state index contributed by atoms with van der Waals surface area (Å²) in [5.41, 5.74) is 1.94. The summed E-state index contributed by atoms with van der Waals surface area (Å²) < 4.78 is 0. The maximum Gasteiger partial charge on any atom is 0.232 e. The molecule has 1 spiro atoms. The number of hydrogen-bond acceptors (Lipinski definition) is 3. The van der Waals surface area contributed by atoms with E-state index in [4.69, 9.17) is 0 Å². The summed E-state index contributed by atoms with van der Waals surface area (Å²) in [5, 5.41) is 3.01. The first-order chi connectivity index (χ1) is 11.1. The molecule has 0 saturated carbocycles. The van der Waals surface area contributed by atoms with Gasteiger partial charge in [-0.1, -0.05) is 38.7 Å². The number of amides is 1. The summed E-state index contributed by atoms with van der Waals surface area (Å²) in [7, 11) is 2.11. The highest BCUT2D eigenvalue weighted by molar-refractivity contribution is 5.97. The molecule has 2 aliphatic rings. The molecule has 1 saturated heterocycles. The summed E-state index contributed by atoms with van der Waals surface area (Å²) in [4.78, 5) is 19.2. The molecule has 1 aromatic heterocycles. The number of carbonyl (C=O) groups is 1. The fourth-order valence-electron chi connectivity index (χ4n) is 3.18. The summed E-state index contributed by atoms with van der Waals surface area (Å²) in [6.07, 6.45) is 10.0. The number of carbonyl (C=O) groups excluding carboxylic acids is 1. The molecule has 4 heteroatoms. The lowest BCUT2D eigenvalue weighted by molar-refractivity contribution is -0.128. The molecule has 3 heterocycles. The minimum Gasteiger partial charge on any atom is -0.310 e. The van der Waals surface area contributed by atoms with Crippen LogP contribution in [0.15, 0.2) is 31.0 Å². The van der Waals surface area contributed by atoms with Gasteiger partial charge >= 0.3 is 0 Å². The first-order valence-electron chi connectivity index (χ1n) is 8.41. The lowest BCUT2D eigenvalue weighted by Crippen LogP contribution is -2.49. The van der Waals surface area contributed by atoms with Gasteiger partial charge in [-0.05, 0) is 56.6 Å². The zero-order valence-electron chi connectivity index (χ0n) is 14.4. The number of nitrogens with zero attached hydrogens (tertiary/aromatic N) is 2. The van der Waals surface area contributed by atoms with Crippen LogP contribution in [0.25, 0.3) is 6.08 Å². The van der Waals surface area contributed by atoms with Crippen LogP contribution in [0.5, 0.6) is 0 Å². The van der Waals surface area contributed by atoms with E-state index in [0.717, 1.165) is 49.3 Å². The third-order valence-corrected chi connectivity index (χ3v) is 4.60. The summed E-state index contributed by atoms with van der Waals surface area (Å²) >= 11 is 0. The Labute approximate surface area is 139 Å². The predicted molar refractivity (Wildman–Crippen MR) is 96.3 cm³/mol. The highest BCUT2D eigenvalue weighted by atomic mass is 16.2. The van der Waals surface area contributed by atoms with Gasteiger partial charge in [-0.15, -0.1) is 0 Å². The van der Waals surface area contributed by atoms with Crippen molar-refractivity contribution < 1.29 is 4.79 Å². The average Bonchev–Trinajstić information content (AvgIpc) is 2.58. The number of rotatable bonds is 2. The number of anilines is 1. The van der Waals surface area contributed by atoms with Crippen LogP contribution in [0.4, 0.5) is 5.82 Å². The van der Waals surface area contributed by atoms with E-state index in [1.807, 2.05) is 26.0 Å². The van der Waals surface area contributed by atoms with E-state index in [-0.39, 0.29) is 11.3 Å². The third-order valence-electron chi connectivity index (χ3n) is 4.60. The number of pyridine rings is 1. The van der Waals surface area contributed by atoms with Crippen LogP contribution in [0, 0.1) is 5.41 Å². The summed E-state index contributed by atoms with van der Waals surface area (Å²) in [6.45, 7) is 9.64. The Morgan fingerprint density at radius 3 is 2.70 bits per heavy atom. The van der Waals surface area contributed by atoms with Crippen molar-refractivity contribution in [1.82, 2.24) is 9.88 Å². The first-order valence-corrected chi connectivity index (χ1v) is 8.41. The molecule has 1 N–H and O–H groups in total. The van der Waals surface area contributed by atoms with E-state index in [1.54, 1.807) is 12.3 Å². The number of allylic oxidation sites excluding steroid dienone is 2. The van der Waals surface area contributed by atoms with Crippen LogP contribution in [0.3, 0.4) is 0 Å². The minimum absolute atomic E-state index is 0.144. The molecule has 0 aromatic carbocycles. The average molecular weight is 313 g/mol. The predicted octanol–water partition coefficient (Wildman–Crippen LogP) is 3.51. The van der Waals surface area contributed by atoms with Crippen LogP contribution in [-0.4, -0.2) is 35.9 Å². The van der Waals surface area contributed by atoms with Crippen molar-refractivity contribution in [2.24, 2.45) is 5.41 Å². The van der Waals surface area contributed by atoms with Crippen molar-refractivity contribution in [1.29, 1.82) is 0 Å². The van der Waals surface area contributed by atoms with Gasteiger partial charge in [-0.25, -0.2) is 4.98 Å². The number of aromatic nitrogens is 1. The fourth-order valence-corrected chi connectivity index (χ4v) is 3.18. The minimum atomic E-state index is -0.248. The molecule has 0 unspecified atom stereocenters. The number of hydrogen-bond donors (Lipinski definition) is 1. The van der Waals surface area contributed by atoms with E-state index >= 15 is 0 Å². The maximum absolute atomic E-state index is 12.5. The van der Waals surface area contributed by atoms with Gasteiger partial charge < -0.3 is 10.2 Å². The van der Waals surface area contributed by atoms with Gasteiger partial charge in [0.15, 0.2) is 0 Å². The van der Waals surface area contributed by atoms with Gasteiger partial charge in [0.2, 0.25) is 5.91 Å². The standard InChI is InChI=1S/C17H21N3O.C2H6/c1-3-4-5-13-10-14-11-17(6-8-20(2)9-7-17)16(21)19-15(14)18-12-13;1-2/h3-5,10,12H,1,6-9,11H2,2H3,(H,18,19,21);1-2H3/b5-4+;. The Bertz CT molecular complexity index is 599. The molecule has 3 rings (SSSR count). The zero-order valence-corrected chi connectivity index (χ0v) is 14.4. The molecule has 23 heavy (non-hydrogen) atoms. The van der Waals surface area contributed by atoms with Crippen molar-refractivity contribution in [2.45, 2.75) is 33.1 Å². The number of piperidine rings is 1. The van der Waals surface area contributed by atoms with Gasteiger partial charge in [0, 0.05) is 6.20 Å². The molecular weight excluding hydrogens is 286 g/mol. The quantitative estimate of drug-likeness (QED) is 0.850. The van der Waals surface area contributed by atoms with Crippen molar-refractivity contribution in [3.63, 3.8) is 0 Å². The normalized spacial score (nSPS) is 19.7.